The van der Waals surface area contributed by atoms with Crippen LogP contribution in [0.4, 0.5) is 33.3 Å². The minimum Gasteiger partial charge on any atom is -0.349 e. The van der Waals surface area contributed by atoms with Gasteiger partial charge in [-0.15, -0.1) is 0 Å². The van der Waals surface area contributed by atoms with E-state index < -0.39 is 34.8 Å². The zero-order valence-corrected chi connectivity index (χ0v) is 9.52. The second kappa shape index (κ2) is 5.13. The van der Waals surface area contributed by atoms with Crippen LogP contribution in [0.15, 0.2) is 18.3 Å². The molecule has 1 heterocycles. The van der Waals surface area contributed by atoms with Gasteiger partial charge in [0, 0.05) is 0 Å². The number of rotatable bonds is 2. The van der Waals surface area contributed by atoms with Crippen LogP contribution in [-0.4, -0.2) is 4.98 Å². The van der Waals surface area contributed by atoms with Gasteiger partial charge in [0.05, 0.1) is 11.9 Å². The summed E-state index contributed by atoms with van der Waals surface area (Å²) in [6.45, 7) is 0. The van der Waals surface area contributed by atoms with Crippen molar-refractivity contribution in [3.63, 3.8) is 0 Å². The van der Waals surface area contributed by atoms with E-state index in [0.717, 1.165) is 6.20 Å². The summed E-state index contributed by atoms with van der Waals surface area (Å²) in [5, 5.41) is 10.5. The number of pyridine rings is 1. The number of hydrogen-bond acceptors (Lipinski definition) is 3. The van der Waals surface area contributed by atoms with Crippen LogP contribution in [0.2, 0.25) is 0 Å². The van der Waals surface area contributed by atoms with Crippen molar-refractivity contribution in [2.75, 3.05) is 5.32 Å². The van der Waals surface area contributed by atoms with E-state index in [9.17, 15) is 22.0 Å². The van der Waals surface area contributed by atoms with Crippen LogP contribution in [0.25, 0.3) is 0 Å². The van der Waals surface area contributed by atoms with E-state index in [0.29, 0.717) is 0 Å². The largest absolute Gasteiger partial charge is 0.349 e. The molecular formula is C12H4F5N3. The highest BCUT2D eigenvalue weighted by Gasteiger charge is 2.25. The number of nitrogens with one attached hydrogen (secondary N) is 1. The zero-order valence-electron chi connectivity index (χ0n) is 9.52. The Kier molecular flexibility index (Phi) is 3.52. The molecule has 0 saturated heterocycles. The first kappa shape index (κ1) is 13.7. The van der Waals surface area contributed by atoms with Gasteiger partial charge < -0.3 is 5.32 Å². The monoisotopic (exact) mass is 285 g/mol. The summed E-state index contributed by atoms with van der Waals surface area (Å²) >= 11 is 0. The average molecular weight is 285 g/mol. The zero-order chi connectivity index (χ0) is 14.9. The fourth-order valence-electron chi connectivity index (χ4n) is 1.39. The number of anilines is 2. The van der Waals surface area contributed by atoms with Crippen LogP contribution in [0.3, 0.4) is 0 Å². The number of benzene rings is 1. The first-order valence-electron chi connectivity index (χ1n) is 5.10. The molecule has 1 N–H and O–H groups in total. The molecule has 1 aromatic heterocycles. The molecule has 0 saturated carbocycles. The summed E-state index contributed by atoms with van der Waals surface area (Å²) in [4.78, 5) is 3.59. The smallest absolute Gasteiger partial charge is 0.200 e. The standard InChI is InChI=1S/C12H4F5N3/c13-7-8(14)10(16)12(11(17)9(7)15)20-6-2-1-5(3-18)19-4-6/h1-2,4,20H. The fraction of sp³-hybridized carbons (Fsp3) is 0. The van der Waals surface area contributed by atoms with Gasteiger partial charge in [0.25, 0.3) is 0 Å². The molecule has 0 fully saturated rings. The van der Waals surface area contributed by atoms with Crippen LogP contribution in [0, 0.1) is 40.4 Å². The molecule has 0 unspecified atom stereocenters. The van der Waals surface area contributed by atoms with E-state index in [1.54, 1.807) is 6.07 Å². The molecule has 0 radical (unpaired) electrons. The number of hydrogen-bond donors (Lipinski definition) is 1. The van der Waals surface area contributed by atoms with Crippen LogP contribution in [0.5, 0.6) is 0 Å². The van der Waals surface area contributed by atoms with Crippen LogP contribution in [-0.2, 0) is 0 Å². The van der Waals surface area contributed by atoms with Crippen molar-refractivity contribution in [3.8, 4) is 6.07 Å². The average Bonchev–Trinajstić information content (AvgIpc) is 2.48. The van der Waals surface area contributed by atoms with E-state index in [4.69, 9.17) is 5.26 Å². The fourth-order valence-corrected chi connectivity index (χ4v) is 1.39. The second-order valence-corrected chi connectivity index (χ2v) is 3.61. The number of nitrogens with zero attached hydrogens (tertiary/aromatic N) is 2. The summed E-state index contributed by atoms with van der Waals surface area (Å²) in [6, 6.07) is 4.14. The SMILES string of the molecule is N#Cc1ccc(Nc2c(F)c(F)c(F)c(F)c2F)cn1. The maximum Gasteiger partial charge on any atom is 0.200 e. The summed E-state index contributed by atoms with van der Waals surface area (Å²) < 4.78 is 65.5. The second-order valence-electron chi connectivity index (χ2n) is 3.61. The van der Waals surface area contributed by atoms with Crippen molar-refractivity contribution < 1.29 is 22.0 Å². The van der Waals surface area contributed by atoms with Gasteiger partial charge in [0.2, 0.25) is 5.82 Å². The molecule has 0 spiro atoms. The lowest BCUT2D eigenvalue weighted by Gasteiger charge is -2.10. The Balaban J connectivity index is 2.46. The third-order valence-corrected chi connectivity index (χ3v) is 2.36. The molecule has 3 nitrogen and oxygen atoms in total. The molecule has 2 rings (SSSR count). The summed E-state index contributed by atoms with van der Waals surface area (Å²) in [6.07, 6.45) is 1.02. The molecule has 2 aromatic rings. The lowest BCUT2D eigenvalue weighted by Crippen LogP contribution is -2.07. The van der Waals surface area contributed by atoms with Crippen LogP contribution >= 0.6 is 0 Å². The lowest BCUT2D eigenvalue weighted by atomic mass is 10.2. The first-order chi connectivity index (χ1) is 9.45. The van der Waals surface area contributed by atoms with Crippen molar-refractivity contribution in [2.24, 2.45) is 0 Å². The Bertz CT molecular complexity index is 678. The number of aromatic nitrogens is 1. The van der Waals surface area contributed by atoms with Gasteiger partial charge >= 0.3 is 0 Å². The molecule has 0 atom stereocenters. The molecule has 102 valence electrons. The normalized spacial score (nSPS) is 10.2. The highest BCUT2D eigenvalue weighted by atomic mass is 19.2. The molecule has 0 bridgehead atoms. The van der Waals surface area contributed by atoms with Gasteiger partial charge in [-0.05, 0) is 12.1 Å². The Morgan fingerprint density at radius 1 is 0.900 bits per heavy atom. The Morgan fingerprint density at radius 2 is 1.45 bits per heavy atom. The summed E-state index contributed by atoms with van der Waals surface area (Å²) in [5.74, 6) is -10.3. The van der Waals surface area contributed by atoms with Crippen molar-refractivity contribution >= 4 is 11.4 Å². The molecular weight excluding hydrogens is 281 g/mol. The summed E-state index contributed by atoms with van der Waals surface area (Å²) in [7, 11) is 0. The molecule has 1 aromatic carbocycles. The van der Waals surface area contributed by atoms with Crippen molar-refractivity contribution in [2.45, 2.75) is 0 Å². The van der Waals surface area contributed by atoms with Gasteiger partial charge in [-0.2, -0.15) is 5.26 Å². The Morgan fingerprint density at radius 3 is 1.90 bits per heavy atom. The van der Waals surface area contributed by atoms with Crippen molar-refractivity contribution in [1.29, 1.82) is 5.26 Å². The van der Waals surface area contributed by atoms with Crippen molar-refractivity contribution in [3.05, 3.63) is 53.1 Å². The van der Waals surface area contributed by atoms with E-state index in [-0.39, 0.29) is 11.4 Å². The molecule has 0 amide bonds. The topological polar surface area (TPSA) is 48.7 Å². The predicted octanol–water partition coefficient (Wildman–Crippen LogP) is 3.39. The molecule has 8 heteroatoms. The van der Waals surface area contributed by atoms with Crippen LogP contribution < -0.4 is 5.32 Å². The van der Waals surface area contributed by atoms with Crippen molar-refractivity contribution in [1.82, 2.24) is 4.98 Å². The minimum absolute atomic E-state index is 0.0350. The number of nitriles is 1. The van der Waals surface area contributed by atoms with Gasteiger partial charge in [0.15, 0.2) is 23.3 Å². The molecule has 20 heavy (non-hydrogen) atoms. The maximum absolute atomic E-state index is 13.4. The van der Waals surface area contributed by atoms with Gasteiger partial charge in [0.1, 0.15) is 17.5 Å². The van der Waals surface area contributed by atoms with E-state index in [1.807, 2.05) is 5.32 Å². The minimum atomic E-state index is -2.23. The lowest BCUT2D eigenvalue weighted by molar-refractivity contribution is 0.382. The first-order valence-corrected chi connectivity index (χ1v) is 5.10. The van der Waals surface area contributed by atoms with E-state index in [2.05, 4.69) is 4.98 Å². The molecule has 0 aliphatic heterocycles. The quantitative estimate of drug-likeness (QED) is 0.522. The van der Waals surface area contributed by atoms with Gasteiger partial charge in [-0.1, -0.05) is 0 Å². The highest BCUT2D eigenvalue weighted by Crippen LogP contribution is 2.29. The third-order valence-electron chi connectivity index (χ3n) is 2.36. The Hall–Kier alpha value is -2.69. The third kappa shape index (κ3) is 2.25. The van der Waals surface area contributed by atoms with Gasteiger partial charge in [-0.3, -0.25) is 0 Å². The number of halogens is 5. The maximum atomic E-state index is 13.4. The van der Waals surface area contributed by atoms with E-state index in [1.165, 1.54) is 12.1 Å². The molecule has 0 aliphatic rings. The molecule has 0 aliphatic carbocycles. The summed E-state index contributed by atoms with van der Waals surface area (Å²) in [5.41, 5.74) is -1.19. The van der Waals surface area contributed by atoms with Crippen LogP contribution in [0.1, 0.15) is 5.69 Å². The highest BCUT2D eigenvalue weighted by molar-refractivity contribution is 5.60. The Labute approximate surface area is 109 Å². The predicted molar refractivity (Wildman–Crippen MR) is 58.5 cm³/mol. The van der Waals surface area contributed by atoms with E-state index >= 15 is 0 Å². The van der Waals surface area contributed by atoms with Gasteiger partial charge in [-0.25, -0.2) is 26.9 Å².